The summed E-state index contributed by atoms with van der Waals surface area (Å²) in [5, 5.41) is 0. The first-order valence-electron chi connectivity index (χ1n) is 6.58. The minimum atomic E-state index is 0.850. The van der Waals surface area contributed by atoms with Gasteiger partial charge in [0.05, 0.1) is 5.69 Å². The molecule has 0 aliphatic rings. The van der Waals surface area contributed by atoms with Gasteiger partial charge in [-0.2, -0.15) is 0 Å². The normalized spacial score (nSPS) is 10.7. The number of imidazole rings is 1. The summed E-state index contributed by atoms with van der Waals surface area (Å²) in [7, 11) is 0. The number of nitrogens with one attached hydrogen (secondary N) is 1. The third kappa shape index (κ3) is 2.83. The molecule has 0 radical (unpaired) electrons. The standard InChI is InChI=1S/C17H15BrN2/c1-12-16(11-13-7-9-15(18)10-8-13)20-17(19-12)14-5-3-2-4-6-14/h2-10H,11H2,1H3,(H,19,20). The molecule has 0 fully saturated rings. The van der Waals surface area contributed by atoms with E-state index in [1.54, 1.807) is 0 Å². The number of hydrogen-bond acceptors (Lipinski definition) is 1. The molecular formula is C17H15BrN2. The van der Waals surface area contributed by atoms with Crippen LogP contribution in [0.2, 0.25) is 0 Å². The van der Waals surface area contributed by atoms with Crippen LogP contribution in [0.3, 0.4) is 0 Å². The smallest absolute Gasteiger partial charge is 0.137 e. The molecule has 0 bridgehead atoms. The van der Waals surface area contributed by atoms with Crippen LogP contribution in [0.1, 0.15) is 17.0 Å². The molecule has 3 aromatic rings. The molecule has 0 atom stereocenters. The van der Waals surface area contributed by atoms with E-state index in [-0.39, 0.29) is 0 Å². The number of aromatic nitrogens is 2. The maximum Gasteiger partial charge on any atom is 0.137 e. The van der Waals surface area contributed by atoms with E-state index in [2.05, 4.69) is 64.2 Å². The topological polar surface area (TPSA) is 28.7 Å². The summed E-state index contributed by atoms with van der Waals surface area (Å²) < 4.78 is 1.10. The lowest BCUT2D eigenvalue weighted by molar-refractivity contribution is 1.08. The Morgan fingerprint density at radius 2 is 1.70 bits per heavy atom. The van der Waals surface area contributed by atoms with Crippen molar-refractivity contribution >= 4 is 15.9 Å². The Kier molecular flexibility index (Phi) is 3.70. The molecule has 3 rings (SSSR count). The minimum absolute atomic E-state index is 0.850. The van der Waals surface area contributed by atoms with E-state index in [0.717, 1.165) is 33.7 Å². The van der Waals surface area contributed by atoms with Crippen molar-refractivity contribution in [3.63, 3.8) is 0 Å². The molecule has 0 spiro atoms. The van der Waals surface area contributed by atoms with Gasteiger partial charge in [0.15, 0.2) is 0 Å². The highest BCUT2D eigenvalue weighted by Gasteiger charge is 2.08. The van der Waals surface area contributed by atoms with Gasteiger partial charge in [-0.25, -0.2) is 4.98 Å². The zero-order valence-electron chi connectivity index (χ0n) is 11.2. The summed E-state index contributed by atoms with van der Waals surface area (Å²) in [6, 6.07) is 18.6. The number of aryl methyl sites for hydroxylation is 1. The Hall–Kier alpha value is -1.87. The van der Waals surface area contributed by atoms with E-state index < -0.39 is 0 Å². The van der Waals surface area contributed by atoms with Crippen LogP contribution in [0.15, 0.2) is 59.1 Å². The highest BCUT2D eigenvalue weighted by molar-refractivity contribution is 9.10. The first-order chi connectivity index (χ1) is 9.72. The number of hydrogen-bond donors (Lipinski definition) is 1. The molecule has 1 heterocycles. The Labute approximate surface area is 127 Å². The van der Waals surface area contributed by atoms with Crippen LogP contribution in [-0.2, 0) is 6.42 Å². The lowest BCUT2D eigenvalue weighted by atomic mass is 10.1. The summed E-state index contributed by atoms with van der Waals surface area (Å²) in [5.74, 6) is 0.940. The van der Waals surface area contributed by atoms with Gasteiger partial charge in [-0.15, -0.1) is 0 Å². The summed E-state index contributed by atoms with van der Waals surface area (Å²) in [6.07, 6.45) is 0.850. The molecular weight excluding hydrogens is 312 g/mol. The van der Waals surface area contributed by atoms with Crippen molar-refractivity contribution < 1.29 is 0 Å². The van der Waals surface area contributed by atoms with Crippen LogP contribution in [-0.4, -0.2) is 9.97 Å². The van der Waals surface area contributed by atoms with Crippen LogP contribution in [0.5, 0.6) is 0 Å². The maximum absolute atomic E-state index is 4.73. The third-order valence-electron chi connectivity index (χ3n) is 3.32. The van der Waals surface area contributed by atoms with Gasteiger partial charge in [-0.1, -0.05) is 58.4 Å². The molecule has 1 aromatic heterocycles. The fraction of sp³-hybridized carbons (Fsp3) is 0.118. The Balaban J connectivity index is 1.88. The summed E-state index contributed by atoms with van der Waals surface area (Å²) in [5.41, 5.74) is 4.62. The van der Waals surface area contributed by atoms with Crippen LogP contribution in [0.25, 0.3) is 11.4 Å². The molecule has 0 saturated heterocycles. The average Bonchev–Trinajstić information content (AvgIpc) is 2.84. The summed E-state index contributed by atoms with van der Waals surface area (Å²) in [6.45, 7) is 2.08. The number of rotatable bonds is 3. The predicted molar refractivity (Wildman–Crippen MR) is 85.7 cm³/mol. The highest BCUT2D eigenvalue weighted by Crippen LogP contribution is 2.20. The molecule has 3 heteroatoms. The molecule has 1 N–H and O–H groups in total. The first kappa shape index (κ1) is 13.1. The van der Waals surface area contributed by atoms with E-state index in [1.165, 1.54) is 5.56 Å². The van der Waals surface area contributed by atoms with Crippen molar-refractivity contribution in [1.29, 1.82) is 0 Å². The lowest BCUT2D eigenvalue weighted by Gasteiger charge is -1.99. The fourth-order valence-electron chi connectivity index (χ4n) is 2.20. The second-order valence-corrected chi connectivity index (χ2v) is 5.74. The molecule has 2 nitrogen and oxygen atoms in total. The van der Waals surface area contributed by atoms with Crippen molar-refractivity contribution in [2.75, 3.05) is 0 Å². The van der Waals surface area contributed by atoms with Crippen molar-refractivity contribution in [2.45, 2.75) is 13.3 Å². The van der Waals surface area contributed by atoms with Gasteiger partial charge in [-0.3, -0.25) is 0 Å². The van der Waals surface area contributed by atoms with Crippen molar-refractivity contribution in [1.82, 2.24) is 9.97 Å². The molecule has 0 aliphatic heterocycles. The number of aromatic amines is 1. The summed E-state index contributed by atoms with van der Waals surface area (Å²) >= 11 is 3.46. The number of H-pyrrole nitrogens is 1. The molecule has 0 amide bonds. The third-order valence-corrected chi connectivity index (χ3v) is 3.85. The fourth-order valence-corrected chi connectivity index (χ4v) is 2.46. The van der Waals surface area contributed by atoms with Crippen LogP contribution in [0, 0.1) is 6.92 Å². The molecule has 20 heavy (non-hydrogen) atoms. The monoisotopic (exact) mass is 326 g/mol. The van der Waals surface area contributed by atoms with E-state index in [9.17, 15) is 0 Å². The minimum Gasteiger partial charge on any atom is -0.342 e. The quantitative estimate of drug-likeness (QED) is 0.740. The van der Waals surface area contributed by atoms with E-state index >= 15 is 0 Å². The highest BCUT2D eigenvalue weighted by atomic mass is 79.9. The zero-order chi connectivity index (χ0) is 13.9. The van der Waals surface area contributed by atoms with Gasteiger partial charge in [0.25, 0.3) is 0 Å². The largest absolute Gasteiger partial charge is 0.342 e. The van der Waals surface area contributed by atoms with Gasteiger partial charge in [-0.05, 0) is 24.6 Å². The molecule has 100 valence electrons. The average molecular weight is 327 g/mol. The summed E-state index contributed by atoms with van der Waals surface area (Å²) in [4.78, 5) is 8.10. The Morgan fingerprint density at radius 1 is 1.00 bits per heavy atom. The van der Waals surface area contributed by atoms with Crippen LogP contribution in [0.4, 0.5) is 0 Å². The predicted octanol–water partition coefficient (Wildman–Crippen LogP) is 4.74. The van der Waals surface area contributed by atoms with Crippen LogP contribution >= 0.6 is 15.9 Å². The molecule has 2 aromatic carbocycles. The Morgan fingerprint density at radius 3 is 2.40 bits per heavy atom. The van der Waals surface area contributed by atoms with Crippen molar-refractivity contribution in [2.24, 2.45) is 0 Å². The van der Waals surface area contributed by atoms with Crippen molar-refractivity contribution in [3.05, 3.63) is 76.0 Å². The zero-order valence-corrected chi connectivity index (χ0v) is 12.8. The SMILES string of the molecule is Cc1[nH]c(-c2ccccc2)nc1Cc1ccc(Br)cc1. The number of benzene rings is 2. The van der Waals surface area contributed by atoms with Crippen molar-refractivity contribution in [3.8, 4) is 11.4 Å². The van der Waals surface area contributed by atoms with E-state index in [0.29, 0.717) is 0 Å². The van der Waals surface area contributed by atoms with Gasteiger partial charge >= 0.3 is 0 Å². The molecule has 0 aliphatic carbocycles. The van der Waals surface area contributed by atoms with Gasteiger partial charge < -0.3 is 4.98 Å². The Bertz CT molecular complexity index is 700. The maximum atomic E-state index is 4.73. The van der Waals surface area contributed by atoms with Gasteiger partial charge in [0, 0.05) is 22.2 Å². The number of halogens is 1. The molecule has 0 saturated carbocycles. The van der Waals surface area contributed by atoms with Crippen LogP contribution < -0.4 is 0 Å². The van der Waals surface area contributed by atoms with Gasteiger partial charge in [0.2, 0.25) is 0 Å². The first-order valence-corrected chi connectivity index (χ1v) is 7.37. The second-order valence-electron chi connectivity index (χ2n) is 4.83. The van der Waals surface area contributed by atoms with E-state index in [4.69, 9.17) is 4.98 Å². The second kappa shape index (κ2) is 5.63. The van der Waals surface area contributed by atoms with E-state index in [1.807, 2.05) is 18.2 Å². The van der Waals surface area contributed by atoms with Gasteiger partial charge in [0.1, 0.15) is 5.82 Å². The number of nitrogens with zero attached hydrogens (tertiary/aromatic N) is 1. The lowest BCUT2D eigenvalue weighted by Crippen LogP contribution is -1.90. The molecule has 0 unspecified atom stereocenters.